The molecule has 5 N–H and O–H groups in total. The fourth-order valence-electron chi connectivity index (χ4n) is 4.83. The number of pyridine rings is 1. The van der Waals surface area contributed by atoms with Crippen molar-refractivity contribution in [3.8, 4) is 17.0 Å². The molecule has 1 amide bonds. The highest BCUT2D eigenvalue weighted by Crippen LogP contribution is 2.43. The number of nitrogen functional groups attached to an aromatic ring is 1. The number of nitrogens with zero attached hydrogens (tertiary/aromatic N) is 1. The minimum absolute atomic E-state index is 0.0949. The van der Waals surface area contributed by atoms with Crippen molar-refractivity contribution in [3.63, 3.8) is 0 Å². The third-order valence-electron chi connectivity index (χ3n) is 6.99. The molecule has 3 aromatic rings. The Bertz CT molecular complexity index is 1430. The standard InChI is InChI=1S/C30H31IN4O2/c1-18-13-26-24(16-31-17-34-26)27(19(18)2)23-15-25(35-29(28(23)32)30(33)36)21-9-6-10-22(14-21)37-12-11-20-7-4-3-5-8-20/h3-10,13-16,18-19,34H,11-12,17,32H2,1-2H3,(H2,33,36). The van der Waals surface area contributed by atoms with Gasteiger partial charge in [0.25, 0.3) is 5.91 Å². The lowest BCUT2D eigenvalue weighted by atomic mass is 9.76. The SMILES string of the molecule is CC1C=C2NCI=CC2=C(c2cc(-c3cccc(OCCc4ccccc4)c3)nc(C(N)=O)c2N)C1C. The third kappa shape index (κ3) is 5.32. The number of carbonyl (C=O) groups excluding carboxylic acids is 1. The van der Waals surface area contributed by atoms with Gasteiger partial charge in [0.1, 0.15) is 5.75 Å². The quantitative estimate of drug-likeness (QED) is 0.192. The number of nitrogens with one attached hydrogen (secondary N) is 1. The smallest absolute Gasteiger partial charge is 0.269 e. The van der Waals surface area contributed by atoms with Crippen LogP contribution in [0.4, 0.5) is 5.69 Å². The van der Waals surface area contributed by atoms with Gasteiger partial charge in [-0.3, -0.25) is 4.79 Å². The number of hydrogen-bond donors (Lipinski definition) is 3. The number of benzene rings is 2. The second kappa shape index (κ2) is 10.9. The van der Waals surface area contributed by atoms with Gasteiger partial charge in [-0.05, 0) is 45.2 Å². The van der Waals surface area contributed by atoms with Crippen molar-refractivity contribution in [2.24, 2.45) is 17.6 Å². The molecule has 0 saturated heterocycles. The molecule has 2 unspecified atom stereocenters. The first-order chi connectivity index (χ1) is 17.9. The summed E-state index contributed by atoms with van der Waals surface area (Å²) in [4.78, 5) is 17.0. The number of rotatable bonds is 7. The lowest BCUT2D eigenvalue weighted by Crippen LogP contribution is -2.27. The Morgan fingerprint density at radius 2 is 1.95 bits per heavy atom. The number of halogens is 1. The third-order valence-corrected chi connectivity index (χ3v) is 8.87. The maximum Gasteiger partial charge on any atom is 0.269 e. The highest BCUT2D eigenvalue weighted by molar-refractivity contribution is 14.2. The van der Waals surface area contributed by atoms with Crippen LogP contribution in [0.5, 0.6) is 5.75 Å². The summed E-state index contributed by atoms with van der Waals surface area (Å²) in [7, 11) is 0. The predicted octanol–water partition coefficient (Wildman–Crippen LogP) is 5.31. The van der Waals surface area contributed by atoms with Gasteiger partial charge in [0.15, 0.2) is 5.69 Å². The molecule has 0 radical (unpaired) electrons. The lowest BCUT2D eigenvalue weighted by molar-refractivity contribution is 0.0996. The Labute approximate surface area is 227 Å². The summed E-state index contributed by atoms with van der Waals surface area (Å²) in [6, 6.07) is 20.0. The number of nitrogens with two attached hydrogens (primary N) is 2. The number of aromatic nitrogens is 1. The van der Waals surface area contributed by atoms with Gasteiger partial charge in [-0.2, -0.15) is 0 Å². The molecule has 190 valence electrons. The van der Waals surface area contributed by atoms with Crippen LogP contribution < -0.4 is 21.5 Å². The van der Waals surface area contributed by atoms with E-state index in [9.17, 15) is 4.79 Å². The molecule has 5 rings (SSSR count). The van der Waals surface area contributed by atoms with Crippen molar-refractivity contribution in [1.82, 2.24) is 10.3 Å². The van der Waals surface area contributed by atoms with Crippen molar-refractivity contribution in [1.29, 1.82) is 0 Å². The number of anilines is 1. The van der Waals surface area contributed by atoms with Crippen molar-refractivity contribution < 1.29 is 9.53 Å². The summed E-state index contributed by atoms with van der Waals surface area (Å²) < 4.78 is 9.43. The minimum Gasteiger partial charge on any atom is -0.493 e. The molecule has 6 nitrogen and oxygen atoms in total. The summed E-state index contributed by atoms with van der Waals surface area (Å²) in [5.41, 5.74) is 19.8. The van der Waals surface area contributed by atoms with E-state index in [0.29, 0.717) is 23.9 Å². The van der Waals surface area contributed by atoms with Crippen LogP contribution in [0.1, 0.15) is 35.5 Å². The molecule has 1 aliphatic heterocycles. The zero-order valence-electron chi connectivity index (χ0n) is 21.0. The molecule has 1 aliphatic carbocycles. The van der Waals surface area contributed by atoms with E-state index in [1.165, 1.54) is 11.1 Å². The molecule has 2 heterocycles. The van der Waals surface area contributed by atoms with E-state index in [0.717, 1.165) is 39.1 Å². The number of allylic oxidation sites excluding steroid dienone is 3. The Morgan fingerprint density at radius 3 is 2.73 bits per heavy atom. The van der Waals surface area contributed by atoms with Gasteiger partial charge in [-0.15, -0.1) is 20.7 Å². The van der Waals surface area contributed by atoms with Crippen molar-refractivity contribution in [3.05, 3.63) is 94.8 Å². The molecule has 37 heavy (non-hydrogen) atoms. The van der Waals surface area contributed by atoms with Crippen LogP contribution in [-0.2, 0) is 6.42 Å². The number of fused-ring (bicyclic) bond motifs is 1. The summed E-state index contributed by atoms with van der Waals surface area (Å²) in [6.07, 6.45) is 3.11. The first kappa shape index (κ1) is 25.2. The lowest BCUT2D eigenvalue weighted by Gasteiger charge is -2.32. The predicted molar refractivity (Wildman–Crippen MR) is 160 cm³/mol. The molecule has 2 aromatic carbocycles. The second-order valence-electron chi connectivity index (χ2n) is 9.42. The Hall–Kier alpha value is -3.46. The molecule has 7 heteroatoms. The van der Waals surface area contributed by atoms with Crippen LogP contribution in [0.15, 0.2) is 78.0 Å². The van der Waals surface area contributed by atoms with Crippen LogP contribution >= 0.6 is 20.7 Å². The average molecular weight is 607 g/mol. The topological polar surface area (TPSA) is 103 Å². The number of carbonyl (C=O) groups is 1. The van der Waals surface area contributed by atoms with Crippen molar-refractivity contribution >= 4 is 41.9 Å². The van der Waals surface area contributed by atoms with E-state index >= 15 is 0 Å². The number of alkyl halides is 1. The maximum absolute atomic E-state index is 12.4. The molecular formula is C30H31IN4O2. The van der Waals surface area contributed by atoms with Gasteiger partial charge in [0.05, 0.1) is 22.5 Å². The van der Waals surface area contributed by atoms with Crippen molar-refractivity contribution in [2.75, 3.05) is 16.9 Å². The molecular weight excluding hydrogens is 575 g/mol. The molecule has 0 fully saturated rings. The zero-order chi connectivity index (χ0) is 25.9. The average Bonchev–Trinajstić information content (AvgIpc) is 2.90. The highest BCUT2D eigenvalue weighted by atomic mass is 127. The first-order valence-corrected chi connectivity index (χ1v) is 15.2. The van der Waals surface area contributed by atoms with Gasteiger partial charge >= 0.3 is 0 Å². The first-order valence-electron chi connectivity index (χ1n) is 12.4. The number of amides is 1. The maximum atomic E-state index is 12.4. The van der Waals surface area contributed by atoms with E-state index in [1.807, 2.05) is 48.5 Å². The summed E-state index contributed by atoms with van der Waals surface area (Å²) in [5, 5.41) is 3.57. The molecule has 2 atom stereocenters. The molecule has 0 saturated carbocycles. The van der Waals surface area contributed by atoms with E-state index < -0.39 is 5.91 Å². The van der Waals surface area contributed by atoms with Crippen LogP contribution in [0.2, 0.25) is 0 Å². The van der Waals surface area contributed by atoms with Gasteiger partial charge < -0.3 is 21.5 Å². The summed E-state index contributed by atoms with van der Waals surface area (Å²) >= 11 is -0.0949. The Kier molecular flexibility index (Phi) is 7.41. The van der Waals surface area contributed by atoms with E-state index in [1.54, 1.807) is 0 Å². The fourth-order valence-corrected chi connectivity index (χ4v) is 6.79. The van der Waals surface area contributed by atoms with Crippen LogP contribution in [0.25, 0.3) is 16.8 Å². The van der Waals surface area contributed by atoms with Gasteiger partial charge in [0.2, 0.25) is 0 Å². The minimum atomic E-state index is -0.632. The number of primary amides is 1. The molecule has 1 aromatic heterocycles. The number of hydrogen-bond acceptors (Lipinski definition) is 5. The largest absolute Gasteiger partial charge is 0.493 e. The number of ether oxygens (including phenoxy) is 1. The zero-order valence-corrected chi connectivity index (χ0v) is 23.2. The normalized spacial score (nSPS) is 18.8. The Morgan fingerprint density at radius 1 is 1.14 bits per heavy atom. The second-order valence-corrected chi connectivity index (χ2v) is 11.7. The van der Waals surface area contributed by atoms with Gasteiger partial charge in [-0.25, -0.2) is 4.98 Å². The molecule has 2 aliphatic rings. The van der Waals surface area contributed by atoms with Crippen molar-refractivity contribution in [2.45, 2.75) is 20.3 Å². The van der Waals surface area contributed by atoms with Crippen LogP contribution in [-0.4, -0.2) is 26.1 Å². The monoisotopic (exact) mass is 606 g/mol. The summed E-state index contributed by atoms with van der Waals surface area (Å²) in [5.74, 6) is 0.660. The molecule has 0 bridgehead atoms. The van der Waals surface area contributed by atoms with Gasteiger partial charge in [-0.1, -0.05) is 62.4 Å². The van der Waals surface area contributed by atoms with Gasteiger partial charge in [0, 0.05) is 28.8 Å². The van der Waals surface area contributed by atoms with E-state index in [2.05, 4.69) is 46.4 Å². The highest BCUT2D eigenvalue weighted by Gasteiger charge is 2.30. The van der Waals surface area contributed by atoms with E-state index in [4.69, 9.17) is 16.2 Å². The van der Waals surface area contributed by atoms with E-state index in [-0.39, 0.29) is 32.3 Å². The fraction of sp³-hybridized carbons (Fsp3) is 0.233. The van der Waals surface area contributed by atoms with Crippen LogP contribution in [0, 0.1) is 11.8 Å². The Balaban J connectivity index is 1.54. The molecule has 0 spiro atoms. The summed E-state index contributed by atoms with van der Waals surface area (Å²) in [6.45, 7) is 4.99. The van der Waals surface area contributed by atoms with Crippen LogP contribution in [0.3, 0.4) is 0 Å².